The maximum Gasteiger partial charge on any atom is 0.416 e. The standard InChI is InChI=1S/C17H15F2N7.C8H4F3NO2/c1-21-12-5-4-11(18)13(14(12)19)10(3-2-6-22-7-20)15-16-17(25-8-23-15)26-9-24-16;9-8(10,11)6-1-5(4-13)2-7(3-6)12-14/h2-9,21H,1H3,(H2,20,22)(H,23,24,25,26);1-4H/b6-2-,10-3+;. The summed E-state index contributed by atoms with van der Waals surface area (Å²) in [5.41, 5.74) is 4.77. The number of nitrogens with zero attached hydrogens (tertiary/aromatic N) is 5. The summed E-state index contributed by atoms with van der Waals surface area (Å²) in [4.78, 5) is 39.2. The van der Waals surface area contributed by atoms with Crippen molar-refractivity contribution in [2.75, 3.05) is 12.4 Å². The average Bonchev–Trinajstić information content (AvgIpc) is 3.43. The summed E-state index contributed by atoms with van der Waals surface area (Å²) in [5, 5.41) is 5.04. The molecule has 0 aliphatic carbocycles. The maximum absolute atomic E-state index is 14.9. The summed E-state index contributed by atoms with van der Waals surface area (Å²) in [6.07, 6.45) is 3.86. The fraction of sp³-hybridized carbons (Fsp3) is 0.0800. The third-order valence-electron chi connectivity index (χ3n) is 5.14. The lowest BCUT2D eigenvalue weighted by molar-refractivity contribution is -0.137. The number of allylic oxidation sites excluding steroid dienone is 2. The summed E-state index contributed by atoms with van der Waals surface area (Å²) >= 11 is 0. The molecule has 0 amide bonds. The van der Waals surface area contributed by atoms with E-state index in [0.717, 1.165) is 12.4 Å². The molecule has 0 saturated heterocycles. The molecule has 0 aliphatic heterocycles. The van der Waals surface area contributed by atoms with E-state index < -0.39 is 29.1 Å². The maximum atomic E-state index is 14.9. The molecule has 2 aromatic carbocycles. The minimum Gasteiger partial charge on any atom is -0.390 e. The Hall–Kier alpha value is -5.34. The van der Waals surface area contributed by atoms with Crippen LogP contribution in [0.1, 0.15) is 27.2 Å². The molecule has 0 aliphatic rings. The van der Waals surface area contributed by atoms with Crippen LogP contribution in [0.2, 0.25) is 0 Å². The van der Waals surface area contributed by atoms with E-state index in [1.807, 2.05) is 0 Å². The molecular weight excluding hydrogens is 539 g/mol. The molecule has 4 aromatic rings. The highest BCUT2D eigenvalue weighted by molar-refractivity contribution is 5.92. The number of H-pyrrole nitrogens is 1. The number of rotatable bonds is 7. The highest BCUT2D eigenvalue weighted by atomic mass is 19.4. The summed E-state index contributed by atoms with van der Waals surface area (Å²) in [6, 6.07) is 4.73. The Labute approximate surface area is 222 Å². The van der Waals surface area contributed by atoms with Crippen molar-refractivity contribution in [2.24, 2.45) is 15.9 Å². The van der Waals surface area contributed by atoms with Gasteiger partial charge < -0.3 is 16.0 Å². The second kappa shape index (κ2) is 12.9. The second-order valence-electron chi connectivity index (χ2n) is 7.60. The Morgan fingerprint density at radius 1 is 1.12 bits per heavy atom. The van der Waals surface area contributed by atoms with Gasteiger partial charge in [0.05, 0.1) is 29.5 Å². The number of imidazole rings is 1. The first-order chi connectivity index (χ1) is 19.1. The van der Waals surface area contributed by atoms with Crippen LogP contribution in [0, 0.1) is 16.5 Å². The first-order valence-electron chi connectivity index (χ1n) is 11.1. The van der Waals surface area contributed by atoms with Crippen LogP contribution in [-0.4, -0.2) is 39.6 Å². The van der Waals surface area contributed by atoms with Crippen LogP contribution in [0.5, 0.6) is 0 Å². The minimum atomic E-state index is -4.58. The van der Waals surface area contributed by atoms with Crippen molar-refractivity contribution in [2.45, 2.75) is 6.18 Å². The van der Waals surface area contributed by atoms with Crippen LogP contribution in [0.3, 0.4) is 0 Å². The number of aldehydes is 1. The lowest BCUT2D eigenvalue weighted by atomic mass is 9.99. The highest BCUT2D eigenvalue weighted by Gasteiger charge is 2.31. The Morgan fingerprint density at radius 2 is 1.90 bits per heavy atom. The van der Waals surface area contributed by atoms with Crippen LogP contribution in [0.15, 0.2) is 71.5 Å². The number of hydrogen-bond acceptors (Lipinski definition) is 8. The normalized spacial score (nSPS) is 12.0. The Kier molecular flexibility index (Phi) is 9.46. The number of alkyl halides is 3. The van der Waals surface area contributed by atoms with Gasteiger partial charge in [-0.3, -0.25) is 4.79 Å². The Bertz CT molecular complexity index is 1590. The second-order valence-corrected chi connectivity index (χ2v) is 7.60. The Morgan fingerprint density at radius 3 is 2.55 bits per heavy atom. The quantitative estimate of drug-likeness (QED) is 0.0675. The van der Waals surface area contributed by atoms with Gasteiger partial charge in [0, 0.05) is 24.4 Å². The number of carbonyl (C=O) groups is 1. The van der Waals surface area contributed by atoms with Gasteiger partial charge in [0.25, 0.3) is 0 Å². The van der Waals surface area contributed by atoms with Crippen molar-refractivity contribution < 1.29 is 26.7 Å². The van der Waals surface area contributed by atoms with Gasteiger partial charge in [0.2, 0.25) is 0 Å². The van der Waals surface area contributed by atoms with Crippen molar-refractivity contribution in [3.63, 3.8) is 0 Å². The number of aromatic nitrogens is 4. The SMILES string of the molecule is CNc1ccc(F)c(/C(=C\C=C/N=CN)c2ncnc3nc[nH]c23)c1F.O=Cc1cc(N=O)cc(C(F)(F)F)c1. The van der Waals surface area contributed by atoms with E-state index in [1.165, 1.54) is 43.1 Å². The molecule has 4 N–H and O–H groups in total. The van der Waals surface area contributed by atoms with E-state index in [2.05, 4.69) is 35.4 Å². The number of halogens is 5. The smallest absolute Gasteiger partial charge is 0.390 e. The fourth-order valence-electron chi connectivity index (χ4n) is 3.40. The van der Waals surface area contributed by atoms with Gasteiger partial charge in [-0.15, -0.1) is 4.91 Å². The van der Waals surface area contributed by atoms with Crippen molar-refractivity contribution in [3.05, 3.63) is 100 Å². The monoisotopic (exact) mass is 558 g/mol. The lowest BCUT2D eigenvalue weighted by Gasteiger charge is -2.12. The van der Waals surface area contributed by atoms with Crippen LogP contribution in [0.4, 0.5) is 33.3 Å². The zero-order valence-electron chi connectivity index (χ0n) is 20.4. The van der Waals surface area contributed by atoms with Crippen molar-refractivity contribution in [1.82, 2.24) is 19.9 Å². The van der Waals surface area contributed by atoms with Gasteiger partial charge in [-0.05, 0) is 41.6 Å². The predicted molar refractivity (Wildman–Crippen MR) is 139 cm³/mol. The van der Waals surface area contributed by atoms with Gasteiger partial charge in [-0.1, -0.05) is 6.08 Å². The van der Waals surface area contributed by atoms with Crippen molar-refractivity contribution in [3.8, 4) is 0 Å². The van der Waals surface area contributed by atoms with E-state index in [4.69, 9.17) is 5.73 Å². The summed E-state index contributed by atoms with van der Waals surface area (Å²) < 4.78 is 65.9. The number of hydrogen-bond donors (Lipinski definition) is 3. The van der Waals surface area contributed by atoms with E-state index in [0.29, 0.717) is 29.0 Å². The number of anilines is 1. The molecule has 10 nitrogen and oxygen atoms in total. The number of benzene rings is 2. The molecule has 15 heteroatoms. The van der Waals surface area contributed by atoms with E-state index >= 15 is 0 Å². The third kappa shape index (κ3) is 6.75. The van der Waals surface area contributed by atoms with Gasteiger partial charge in [0.1, 0.15) is 35.3 Å². The minimum absolute atomic E-state index is 0.158. The number of nitrogens with one attached hydrogen (secondary N) is 2. The molecule has 2 aromatic heterocycles. The highest BCUT2D eigenvalue weighted by Crippen LogP contribution is 2.33. The molecule has 206 valence electrons. The van der Waals surface area contributed by atoms with Gasteiger partial charge in [-0.2, -0.15) is 13.2 Å². The fourth-order valence-corrected chi connectivity index (χ4v) is 3.40. The molecular formula is C25H19F5N8O2. The number of fused-ring (bicyclic) bond motifs is 1. The zero-order chi connectivity index (χ0) is 29.3. The van der Waals surface area contributed by atoms with Crippen molar-refractivity contribution >= 4 is 40.7 Å². The molecule has 0 spiro atoms. The van der Waals surface area contributed by atoms with Crippen molar-refractivity contribution in [1.29, 1.82) is 0 Å². The first-order valence-corrected chi connectivity index (χ1v) is 11.1. The zero-order valence-corrected chi connectivity index (χ0v) is 20.4. The van der Waals surface area contributed by atoms with Crippen LogP contribution < -0.4 is 11.1 Å². The lowest BCUT2D eigenvalue weighted by Crippen LogP contribution is -2.05. The van der Waals surface area contributed by atoms with Gasteiger partial charge >= 0.3 is 6.18 Å². The molecule has 0 bridgehead atoms. The van der Waals surface area contributed by atoms with Crippen LogP contribution >= 0.6 is 0 Å². The predicted octanol–water partition coefficient (Wildman–Crippen LogP) is 5.52. The molecule has 4 rings (SSSR count). The molecule has 0 unspecified atom stereocenters. The Balaban J connectivity index is 0.000000267. The molecule has 0 saturated carbocycles. The number of aliphatic imine (C=N–C) groups is 1. The van der Waals surface area contributed by atoms with Gasteiger partial charge in [0.15, 0.2) is 11.5 Å². The number of aromatic amines is 1. The van der Waals surface area contributed by atoms with E-state index in [-0.39, 0.29) is 28.7 Å². The summed E-state index contributed by atoms with van der Waals surface area (Å²) in [6.45, 7) is 0. The van der Waals surface area contributed by atoms with Crippen LogP contribution in [-0.2, 0) is 6.18 Å². The van der Waals surface area contributed by atoms with E-state index in [9.17, 15) is 31.7 Å². The average molecular weight is 558 g/mol. The molecule has 2 heterocycles. The number of nitrogens with two attached hydrogens (primary N) is 1. The third-order valence-corrected chi connectivity index (χ3v) is 5.14. The molecule has 0 fully saturated rings. The number of nitroso groups, excluding NO2 is 1. The molecule has 40 heavy (non-hydrogen) atoms. The van der Waals surface area contributed by atoms with Crippen LogP contribution in [0.25, 0.3) is 16.7 Å². The summed E-state index contributed by atoms with van der Waals surface area (Å²) in [5.74, 6) is -1.46. The number of carbonyl (C=O) groups excluding carboxylic acids is 1. The molecule has 0 atom stereocenters. The largest absolute Gasteiger partial charge is 0.416 e. The van der Waals surface area contributed by atoms with E-state index in [1.54, 1.807) is 7.05 Å². The first kappa shape index (κ1) is 29.2. The molecule has 0 radical (unpaired) electrons. The van der Waals surface area contributed by atoms with Gasteiger partial charge in [-0.25, -0.2) is 28.7 Å². The summed E-state index contributed by atoms with van der Waals surface area (Å²) in [7, 11) is 1.55. The topological polar surface area (TPSA) is 151 Å².